The highest BCUT2D eigenvalue weighted by molar-refractivity contribution is 6.28. The molecule has 3 aromatic rings. The molecule has 0 saturated heterocycles. The van der Waals surface area contributed by atoms with Crippen LogP contribution < -0.4 is 22.7 Å². The van der Waals surface area contributed by atoms with Gasteiger partial charge in [-0.2, -0.15) is 4.98 Å². The Hall–Kier alpha value is -3.08. The lowest BCUT2D eigenvalue weighted by atomic mass is 10.2. The zero-order valence-electron chi connectivity index (χ0n) is 16.9. The fourth-order valence-corrected chi connectivity index (χ4v) is 3.66. The van der Waals surface area contributed by atoms with Crippen LogP contribution in [0.25, 0.3) is 11.2 Å². The summed E-state index contributed by atoms with van der Waals surface area (Å²) in [6.45, 7) is 4.73. The second kappa shape index (κ2) is 8.74. The first kappa shape index (κ1) is 21.6. The summed E-state index contributed by atoms with van der Waals surface area (Å²) >= 11 is 5.95. The third-order valence-corrected chi connectivity index (χ3v) is 5.19. The zero-order chi connectivity index (χ0) is 22.0. The molecule has 30 heavy (non-hydrogen) atoms. The molecule has 12 heteroatoms. The molecule has 1 amide bonds. The van der Waals surface area contributed by atoms with E-state index in [9.17, 15) is 14.4 Å². The second-order valence-electron chi connectivity index (χ2n) is 7.09. The average molecular weight is 437 g/mol. The molecule has 0 spiro atoms. The summed E-state index contributed by atoms with van der Waals surface area (Å²) in [6, 6.07) is 0. The van der Waals surface area contributed by atoms with Crippen molar-refractivity contribution in [1.82, 2.24) is 28.7 Å². The second-order valence-corrected chi connectivity index (χ2v) is 7.44. The van der Waals surface area contributed by atoms with Gasteiger partial charge in [-0.1, -0.05) is 19.8 Å². The van der Waals surface area contributed by atoms with E-state index in [1.54, 1.807) is 11.5 Å². The number of nitrogens with one attached hydrogen (secondary N) is 1. The Bertz CT molecular complexity index is 1200. The summed E-state index contributed by atoms with van der Waals surface area (Å²) in [4.78, 5) is 48.2. The number of anilines is 1. The molecule has 0 radical (unpaired) electrons. The fourth-order valence-electron chi connectivity index (χ4n) is 3.49. The number of primary amides is 1. The van der Waals surface area contributed by atoms with E-state index in [2.05, 4.69) is 21.9 Å². The van der Waals surface area contributed by atoms with Gasteiger partial charge in [0.05, 0.1) is 0 Å². The largest absolute Gasteiger partial charge is 0.383 e. The van der Waals surface area contributed by atoms with Crippen LogP contribution in [-0.2, 0) is 19.6 Å². The molecular weight excluding hydrogens is 412 g/mol. The highest BCUT2D eigenvalue weighted by Crippen LogP contribution is 2.15. The molecule has 0 saturated carbocycles. The number of aromatic nitrogens is 6. The van der Waals surface area contributed by atoms with Gasteiger partial charge in [0, 0.05) is 19.6 Å². The third kappa shape index (κ3) is 3.97. The van der Waals surface area contributed by atoms with Crippen molar-refractivity contribution in [1.29, 1.82) is 0 Å². The van der Waals surface area contributed by atoms with Gasteiger partial charge in [-0.05, 0) is 31.4 Å². The number of H-pyrrole nitrogens is 1. The first-order valence-corrected chi connectivity index (χ1v) is 10.1. The Morgan fingerprint density at radius 1 is 1.07 bits per heavy atom. The maximum Gasteiger partial charge on any atom is 0.332 e. The molecule has 0 atom stereocenters. The number of rotatable bonds is 9. The summed E-state index contributed by atoms with van der Waals surface area (Å²) in [6.07, 6.45) is 3.15. The number of fused-ring (bicyclic) bond motifs is 1. The van der Waals surface area contributed by atoms with Crippen LogP contribution in [0.2, 0.25) is 5.28 Å². The predicted octanol–water partition coefficient (Wildman–Crippen LogP) is 1.01. The minimum Gasteiger partial charge on any atom is -0.383 e. The molecule has 11 nitrogen and oxygen atoms in total. The number of aromatic amines is 1. The van der Waals surface area contributed by atoms with Crippen molar-refractivity contribution in [2.75, 3.05) is 5.73 Å². The number of halogens is 1. The Morgan fingerprint density at radius 3 is 2.37 bits per heavy atom. The molecular formula is C18H25ClN8O3. The number of aryl methyl sites for hydroxylation is 2. The number of amides is 1. The van der Waals surface area contributed by atoms with Crippen LogP contribution in [0.3, 0.4) is 0 Å². The van der Waals surface area contributed by atoms with Crippen LogP contribution in [0.5, 0.6) is 0 Å². The quantitative estimate of drug-likeness (QED) is 0.335. The molecule has 0 aromatic carbocycles. The van der Waals surface area contributed by atoms with E-state index in [1.807, 2.05) is 0 Å². The van der Waals surface area contributed by atoms with Crippen LogP contribution in [0.1, 0.15) is 48.9 Å². The highest BCUT2D eigenvalue weighted by atomic mass is 35.5. The van der Waals surface area contributed by atoms with Crippen LogP contribution in [0.15, 0.2) is 9.59 Å². The van der Waals surface area contributed by atoms with Gasteiger partial charge in [-0.3, -0.25) is 18.7 Å². The molecule has 0 aliphatic carbocycles. The number of nitrogens with zero attached hydrogens (tertiary/aromatic N) is 5. The minimum absolute atomic E-state index is 0.0106. The minimum atomic E-state index is -0.706. The van der Waals surface area contributed by atoms with E-state index in [0.717, 1.165) is 19.3 Å². The predicted molar refractivity (Wildman–Crippen MR) is 114 cm³/mol. The van der Waals surface area contributed by atoms with E-state index in [0.29, 0.717) is 25.3 Å². The van der Waals surface area contributed by atoms with Crippen LogP contribution in [-0.4, -0.2) is 34.6 Å². The molecule has 3 aromatic heterocycles. The van der Waals surface area contributed by atoms with E-state index >= 15 is 0 Å². The van der Waals surface area contributed by atoms with Crippen molar-refractivity contribution in [3.63, 3.8) is 0 Å². The standard InChI is InChI=1S/C18H25ClN8O3/c1-3-4-5-7-26-15-12(23-17(19)24-15)16(29)27(18(26)30)9-6-8-25-10(2)22-11(13(25)20)14(21)28/h3-9,20H2,1-2H3,(H2,21,28)(H,23,24). The lowest BCUT2D eigenvalue weighted by Gasteiger charge is -2.12. The molecule has 0 aliphatic rings. The molecule has 3 rings (SSSR count). The topological polar surface area (TPSA) is 160 Å². The summed E-state index contributed by atoms with van der Waals surface area (Å²) < 4.78 is 4.29. The summed E-state index contributed by atoms with van der Waals surface area (Å²) in [5, 5.41) is 0.0595. The SMILES string of the molecule is CCCCCn1c(=O)n(CCCn2c(C)nc(C(N)=O)c2N)c(=O)c2[nH]c(Cl)nc21. The van der Waals surface area contributed by atoms with Crippen LogP contribution in [0.4, 0.5) is 5.82 Å². The normalized spacial score (nSPS) is 11.4. The number of nitrogen functional groups attached to an aromatic ring is 1. The van der Waals surface area contributed by atoms with Crippen molar-refractivity contribution >= 4 is 34.5 Å². The average Bonchev–Trinajstić information content (AvgIpc) is 3.21. The first-order valence-electron chi connectivity index (χ1n) is 9.77. The van der Waals surface area contributed by atoms with Gasteiger partial charge in [-0.15, -0.1) is 0 Å². The van der Waals surface area contributed by atoms with Crippen molar-refractivity contribution in [3.05, 3.63) is 37.6 Å². The highest BCUT2D eigenvalue weighted by Gasteiger charge is 2.18. The number of carbonyl (C=O) groups excluding carboxylic acids is 1. The zero-order valence-corrected chi connectivity index (χ0v) is 17.7. The van der Waals surface area contributed by atoms with Crippen molar-refractivity contribution in [2.45, 2.75) is 59.2 Å². The smallest absolute Gasteiger partial charge is 0.332 e. The molecule has 0 fully saturated rings. The first-order chi connectivity index (χ1) is 14.3. The molecule has 0 unspecified atom stereocenters. The molecule has 162 valence electrons. The van der Waals surface area contributed by atoms with Gasteiger partial charge in [0.15, 0.2) is 16.9 Å². The van der Waals surface area contributed by atoms with Gasteiger partial charge in [-0.25, -0.2) is 9.78 Å². The van der Waals surface area contributed by atoms with E-state index in [-0.39, 0.29) is 34.5 Å². The Labute approximate surface area is 176 Å². The van der Waals surface area contributed by atoms with Crippen molar-refractivity contribution in [2.24, 2.45) is 5.73 Å². The number of carbonyl (C=O) groups is 1. The lowest BCUT2D eigenvalue weighted by molar-refractivity contribution is 0.0996. The molecule has 5 N–H and O–H groups in total. The number of unbranched alkanes of at least 4 members (excludes halogenated alkanes) is 2. The third-order valence-electron chi connectivity index (χ3n) is 5.01. The van der Waals surface area contributed by atoms with Crippen LogP contribution >= 0.6 is 11.6 Å². The number of hydrogen-bond acceptors (Lipinski definition) is 6. The number of nitrogens with two attached hydrogens (primary N) is 2. The van der Waals surface area contributed by atoms with E-state index in [1.165, 1.54) is 9.13 Å². The molecule has 0 bridgehead atoms. The van der Waals surface area contributed by atoms with Gasteiger partial charge in [0.1, 0.15) is 11.6 Å². The Morgan fingerprint density at radius 2 is 1.73 bits per heavy atom. The summed E-state index contributed by atoms with van der Waals surface area (Å²) in [5.74, 6) is -0.0105. The van der Waals surface area contributed by atoms with Crippen molar-refractivity contribution in [3.8, 4) is 0 Å². The van der Waals surface area contributed by atoms with Gasteiger partial charge in [0.25, 0.3) is 11.5 Å². The van der Waals surface area contributed by atoms with Gasteiger partial charge >= 0.3 is 5.69 Å². The maximum atomic E-state index is 13.0. The molecule has 3 heterocycles. The van der Waals surface area contributed by atoms with E-state index < -0.39 is 17.2 Å². The summed E-state index contributed by atoms with van der Waals surface area (Å²) in [7, 11) is 0. The van der Waals surface area contributed by atoms with Gasteiger partial charge < -0.3 is 21.0 Å². The monoisotopic (exact) mass is 436 g/mol. The fraction of sp³-hybridized carbons (Fsp3) is 0.500. The lowest BCUT2D eigenvalue weighted by Crippen LogP contribution is -2.40. The number of hydrogen-bond donors (Lipinski definition) is 3. The molecule has 0 aliphatic heterocycles. The van der Waals surface area contributed by atoms with Crippen molar-refractivity contribution < 1.29 is 4.79 Å². The Kier molecular flexibility index (Phi) is 6.30. The maximum absolute atomic E-state index is 13.0. The number of imidazole rings is 2. The Balaban J connectivity index is 1.90. The van der Waals surface area contributed by atoms with Gasteiger partial charge in [0.2, 0.25) is 5.28 Å². The van der Waals surface area contributed by atoms with E-state index in [4.69, 9.17) is 23.1 Å². The summed E-state index contributed by atoms with van der Waals surface area (Å²) in [5.41, 5.74) is 10.8. The van der Waals surface area contributed by atoms with Crippen LogP contribution in [0, 0.1) is 6.92 Å².